The normalized spacial score (nSPS) is 26.1. The maximum absolute atomic E-state index is 12.9. The smallest absolute Gasteiger partial charge is 0.252 e. The van der Waals surface area contributed by atoms with Gasteiger partial charge in [0.15, 0.2) is 0 Å². The van der Waals surface area contributed by atoms with Gasteiger partial charge in [0, 0.05) is 6.54 Å². The minimum absolute atomic E-state index is 0.00752. The largest absolute Gasteiger partial charge is 0.491 e. The number of rotatable bonds is 9. The minimum Gasteiger partial charge on any atom is -0.491 e. The number of benzene rings is 1. The van der Waals surface area contributed by atoms with E-state index in [0.29, 0.717) is 31.1 Å². The van der Waals surface area contributed by atoms with Gasteiger partial charge in [-0.15, -0.1) is 0 Å². The number of hydrogen-bond acceptors (Lipinski definition) is 5. The van der Waals surface area contributed by atoms with Crippen LogP contribution in [0.15, 0.2) is 24.3 Å². The summed E-state index contributed by atoms with van der Waals surface area (Å²) in [6, 6.07) is 7.42. The molecule has 0 aliphatic heterocycles. The van der Waals surface area contributed by atoms with Crippen LogP contribution < -0.4 is 10.1 Å². The fourth-order valence-electron chi connectivity index (χ4n) is 4.19. The molecule has 1 aliphatic rings. The fraction of sp³-hybridized carbons (Fsp3) is 0.682. The first-order valence-corrected chi connectivity index (χ1v) is 10.3. The van der Waals surface area contributed by atoms with Crippen LogP contribution in [0.2, 0.25) is 0 Å². The Morgan fingerprint density at radius 2 is 2.04 bits per heavy atom. The molecule has 1 fully saturated rings. The van der Waals surface area contributed by atoms with Gasteiger partial charge in [-0.25, -0.2) is 0 Å². The molecule has 6 heteroatoms. The Morgan fingerprint density at radius 3 is 2.71 bits per heavy atom. The zero-order valence-corrected chi connectivity index (χ0v) is 17.2. The Bertz CT molecular complexity index is 635. The van der Waals surface area contributed by atoms with E-state index in [-0.39, 0.29) is 31.0 Å². The van der Waals surface area contributed by atoms with Crippen LogP contribution >= 0.6 is 0 Å². The first kappa shape index (κ1) is 22.7. The minimum atomic E-state index is -1.31. The number of hydrogen-bond donors (Lipinski definition) is 4. The van der Waals surface area contributed by atoms with Gasteiger partial charge < -0.3 is 25.4 Å². The molecule has 2 rings (SSSR count). The van der Waals surface area contributed by atoms with Gasteiger partial charge in [-0.3, -0.25) is 4.79 Å². The van der Waals surface area contributed by atoms with E-state index >= 15 is 0 Å². The molecule has 1 amide bonds. The van der Waals surface area contributed by atoms with Gasteiger partial charge in [-0.1, -0.05) is 45.4 Å². The molecule has 0 radical (unpaired) electrons. The topological polar surface area (TPSA) is 99.0 Å². The second-order valence-electron chi connectivity index (χ2n) is 8.42. The highest BCUT2D eigenvalue weighted by Gasteiger charge is 2.48. The molecule has 1 aromatic rings. The van der Waals surface area contributed by atoms with E-state index < -0.39 is 11.7 Å². The Labute approximate surface area is 167 Å². The predicted molar refractivity (Wildman–Crippen MR) is 108 cm³/mol. The molecule has 158 valence electrons. The van der Waals surface area contributed by atoms with Crippen LogP contribution in [0.3, 0.4) is 0 Å². The number of ether oxygens (including phenoxy) is 1. The Hall–Kier alpha value is -1.63. The third-order valence-electron chi connectivity index (χ3n) is 5.74. The lowest BCUT2D eigenvalue weighted by Crippen LogP contribution is -2.56. The Kier molecular flexibility index (Phi) is 8.28. The summed E-state index contributed by atoms with van der Waals surface area (Å²) in [5.41, 5.74) is -0.412. The molecule has 4 N–H and O–H groups in total. The molecule has 0 heterocycles. The van der Waals surface area contributed by atoms with Gasteiger partial charge in [-0.05, 0) is 48.6 Å². The number of carbonyl (C=O) groups is 1. The second kappa shape index (κ2) is 10.2. The molecule has 0 aromatic heterocycles. The molecule has 1 saturated carbocycles. The molecule has 28 heavy (non-hydrogen) atoms. The highest BCUT2D eigenvalue weighted by Crippen LogP contribution is 2.41. The predicted octanol–water partition coefficient (Wildman–Crippen LogP) is 1.90. The summed E-state index contributed by atoms with van der Waals surface area (Å²) in [6.07, 6.45) is 2.04. The molecule has 1 aliphatic carbocycles. The summed E-state index contributed by atoms with van der Waals surface area (Å²) in [7, 11) is 0. The van der Waals surface area contributed by atoms with Crippen LogP contribution in [0, 0.1) is 17.8 Å². The van der Waals surface area contributed by atoms with Crippen LogP contribution in [-0.4, -0.2) is 52.7 Å². The summed E-state index contributed by atoms with van der Waals surface area (Å²) >= 11 is 0. The van der Waals surface area contributed by atoms with E-state index in [4.69, 9.17) is 9.84 Å². The SMILES string of the molecule is CC1CCC(C(C)C)C(O)(C(=O)NCCc2ccccc2OCC(O)CO)C1. The third-order valence-corrected chi connectivity index (χ3v) is 5.74. The van der Waals surface area contributed by atoms with Crippen LogP contribution in [0.5, 0.6) is 5.75 Å². The van der Waals surface area contributed by atoms with Crippen LogP contribution in [0.4, 0.5) is 0 Å². The molecule has 1 aromatic carbocycles. The van der Waals surface area contributed by atoms with Crippen molar-refractivity contribution in [3.05, 3.63) is 29.8 Å². The second-order valence-corrected chi connectivity index (χ2v) is 8.42. The molecule has 0 spiro atoms. The lowest BCUT2D eigenvalue weighted by molar-refractivity contribution is -0.155. The number of amides is 1. The van der Waals surface area contributed by atoms with Crippen molar-refractivity contribution in [1.29, 1.82) is 0 Å². The maximum Gasteiger partial charge on any atom is 0.252 e. The molecule has 4 unspecified atom stereocenters. The van der Waals surface area contributed by atoms with Crippen molar-refractivity contribution in [3.63, 3.8) is 0 Å². The molecule has 0 bridgehead atoms. The maximum atomic E-state index is 12.9. The Morgan fingerprint density at radius 1 is 1.32 bits per heavy atom. The van der Waals surface area contributed by atoms with Crippen molar-refractivity contribution in [2.24, 2.45) is 17.8 Å². The van der Waals surface area contributed by atoms with Crippen LogP contribution in [-0.2, 0) is 11.2 Å². The summed E-state index contributed by atoms with van der Waals surface area (Å²) < 4.78 is 5.57. The lowest BCUT2D eigenvalue weighted by Gasteiger charge is -2.43. The number of para-hydroxylation sites is 1. The van der Waals surface area contributed by atoms with E-state index in [1.54, 1.807) is 6.07 Å². The molecule has 4 atom stereocenters. The number of carbonyl (C=O) groups excluding carboxylic acids is 1. The zero-order chi connectivity index (χ0) is 20.7. The zero-order valence-electron chi connectivity index (χ0n) is 17.2. The van der Waals surface area contributed by atoms with Crippen molar-refractivity contribution in [3.8, 4) is 5.75 Å². The average Bonchev–Trinajstić information content (AvgIpc) is 2.66. The molecule has 0 saturated heterocycles. The molecule has 6 nitrogen and oxygen atoms in total. The standard InChI is InChI=1S/C22H35NO5/c1-15(2)19-9-8-16(3)12-22(19,27)21(26)23-11-10-17-6-4-5-7-20(17)28-14-18(25)13-24/h4-7,15-16,18-19,24-25,27H,8-14H2,1-3H3,(H,23,26). The quantitative estimate of drug-likeness (QED) is 0.514. The highest BCUT2D eigenvalue weighted by atomic mass is 16.5. The summed E-state index contributed by atoms with van der Waals surface area (Å²) in [5, 5.41) is 32.5. The van der Waals surface area contributed by atoms with Gasteiger partial charge >= 0.3 is 0 Å². The van der Waals surface area contributed by atoms with Crippen molar-refractivity contribution in [2.75, 3.05) is 19.8 Å². The summed E-state index contributed by atoms with van der Waals surface area (Å²) in [6.45, 7) is 6.26. The number of aliphatic hydroxyl groups is 3. The Balaban J connectivity index is 1.96. The van der Waals surface area contributed by atoms with Crippen molar-refractivity contribution in [1.82, 2.24) is 5.32 Å². The van der Waals surface area contributed by atoms with Gasteiger partial charge in [-0.2, -0.15) is 0 Å². The van der Waals surface area contributed by atoms with Gasteiger partial charge in [0.25, 0.3) is 5.91 Å². The lowest BCUT2D eigenvalue weighted by atomic mass is 9.66. The monoisotopic (exact) mass is 393 g/mol. The molecular weight excluding hydrogens is 358 g/mol. The van der Waals surface area contributed by atoms with Crippen LogP contribution in [0.1, 0.15) is 45.6 Å². The number of nitrogens with one attached hydrogen (secondary N) is 1. The third kappa shape index (κ3) is 5.69. The highest BCUT2D eigenvalue weighted by molar-refractivity contribution is 5.85. The van der Waals surface area contributed by atoms with E-state index in [2.05, 4.69) is 26.1 Å². The first-order chi connectivity index (χ1) is 13.3. The van der Waals surface area contributed by atoms with E-state index in [1.807, 2.05) is 18.2 Å². The van der Waals surface area contributed by atoms with E-state index in [9.17, 15) is 15.0 Å². The number of aliphatic hydroxyl groups excluding tert-OH is 2. The summed E-state index contributed by atoms with van der Waals surface area (Å²) in [5.74, 6) is 0.883. The van der Waals surface area contributed by atoms with Crippen molar-refractivity contribution >= 4 is 5.91 Å². The first-order valence-electron chi connectivity index (χ1n) is 10.3. The van der Waals surface area contributed by atoms with Gasteiger partial charge in [0.1, 0.15) is 24.1 Å². The van der Waals surface area contributed by atoms with Crippen molar-refractivity contribution in [2.45, 2.75) is 58.2 Å². The summed E-state index contributed by atoms with van der Waals surface area (Å²) in [4.78, 5) is 12.9. The van der Waals surface area contributed by atoms with Crippen LogP contribution in [0.25, 0.3) is 0 Å². The van der Waals surface area contributed by atoms with E-state index in [0.717, 1.165) is 18.4 Å². The fourth-order valence-corrected chi connectivity index (χ4v) is 4.19. The van der Waals surface area contributed by atoms with E-state index in [1.165, 1.54) is 0 Å². The van der Waals surface area contributed by atoms with Gasteiger partial charge in [0.05, 0.1) is 6.61 Å². The molecular formula is C22H35NO5. The van der Waals surface area contributed by atoms with Gasteiger partial charge in [0.2, 0.25) is 0 Å². The van der Waals surface area contributed by atoms with Crippen molar-refractivity contribution < 1.29 is 24.9 Å². The average molecular weight is 394 g/mol.